The van der Waals surface area contributed by atoms with Gasteiger partial charge in [-0.2, -0.15) is 0 Å². The minimum absolute atomic E-state index is 0.221. The van der Waals surface area contributed by atoms with Crippen LogP contribution in [-0.2, 0) is 5.88 Å². The summed E-state index contributed by atoms with van der Waals surface area (Å²) < 4.78 is 16.1. The highest BCUT2D eigenvalue weighted by molar-refractivity contribution is 9.10. The van der Waals surface area contributed by atoms with Crippen molar-refractivity contribution < 1.29 is 4.39 Å². The second-order valence-electron chi connectivity index (χ2n) is 4.39. The number of aromatic nitrogens is 3. The average molecular weight is 355 g/mol. The van der Waals surface area contributed by atoms with Gasteiger partial charge >= 0.3 is 0 Å². The molecule has 6 heteroatoms. The van der Waals surface area contributed by atoms with E-state index in [4.69, 9.17) is 11.6 Å². The SMILES string of the molecule is Cc1ccnc2c1nc(CCl)n2-c1cc(F)ccc1Br. The van der Waals surface area contributed by atoms with Crippen molar-refractivity contribution in [2.24, 2.45) is 0 Å². The molecule has 0 aliphatic rings. The molecule has 0 spiro atoms. The molecule has 0 bridgehead atoms. The van der Waals surface area contributed by atoms with Crippen LogP contribution in [0.2, 0.25) is 0 Å². The molecule has 0 unspecified atom stereocenters. The standard InChI is InChI=1S/C14H10BrClFN3/c1-8-4-5-18-14-13(8)19-12(7-16)20(14)11-6-9(17)2-3-10(11)15/h2-6H,7H2,1H3. The number of nitrogens with zero attached hydrogens (tertiary/aromatic N) is 3. The fraction of sp³-hybridized carbons (Fsp3) is 0.143. The fourth-order valence-corrected chi connectivity index (χ4v) is 2.74. The summed E-state index contributed by atoms with van der Waals surface area (Å²) in [6.45, 7) is 1.96. The molecule has 20 heavy (non-hydrogen) atoms. The van der Waals surface area contributed by atoms with Crippen molar-refractivity contribution in [2.45, 2.75) is 12.8 Å². The Labute approximate surface area is 128 Å². The van der Waals surface area contributed by atoms with Gasteiger partial charge in [0.25, 0.3) is 0 Å². The molecule has 0 atom stereocenters. The van der Waals surface area contributed by atoms with E-state index in [1.807, 2.05) is 13.0 Å². The van der Waals surface area contributed by atoms with Gasteiger partial charge in [0.1, 0.15) is 17.2 Å². The number of hydrogen-bond acceptors (Lipinski definition) is 2. The summed E-state index contributed by atoms with van der Waals surface area (Å²) in [5.74, 6) is 0.534. The Bertz CT molecular complexity index is 800. The van der Waals surface area contributed by atoms with Crippen molar-refractivity contribution in [1.82, 2.24) is 14.5 Å². The summed E-state index contributed by atoms with van der Waals surface area (Å²) in [5, 5.41) is 0. The van der Waals surface area contributed by atoms with Gasteiger partial charge in [0.15, 0.2) is 5.65 Å². The van der Waals surface area contributed by atoms with Crippen LogP contribution < -0.4 is 0 Å². The third-order valence-corrected chi connectivity index (χ3v) is 4.00. The van der Waals surface area contributed by atoms with Crippen LogP contribution in [0.15, 0.2) is 34.9 Å². The molecule has 3 nitrogen and oxygen atoms in total. The number of hydrogen-bond donors (Lipinski definition) is 0. The van der Waals surface area contributed by atoms with E-state index in [2.05, 4.69) is 25.9 Å². The fourth-order valence-electron chi connectivity index (χ4n) is 2.14. The molecule has 0 aliphatic heterocycles. The molecule has 0 radical (unpaired) electrons. The zero-order chi connectivity index (χ0) is 14.3. The van der Waals surface area contributed by atoms with Crippen molar-refractivity contribution in [1.29, 1.82) is 0 Å². The predicted octanol–water partition coefficient (Wildman–Crippen LogP) is 4.37. The molecule has 0 aliphatic carbocycles. The van der Waals surface area contributed by atoms with Crippen molar-refractivity contribution in [3.8, 4) is 5.69 Å². The second-order valence-corrected chi connectivity index (χ2v) is 5.51. The number of alkyl halides is 1. The Morgan fingerprint density at radius 1 is 1.35 bits per heavy atom. The van der Waals surface area contributed by atoms with Gasteiger partial charge in [-0.15, -0.1) is 11.6 Å². The third kappa shape index (κ3) is 2.11. The van der Waals surface area contributed by atoms with Crippen LogP contribution in [0.5, 0.6) is 0 Å². The number of benzene rings is 1. The van der Waals surface area contributed by atoms with Crippen LogP contribution in [0.4, 0.5) is 4.39 Å². The van der Waals surface area contributed by atoms with E-state index in [1.54, 1.807) is 16.8 Å². The Morgan fingerprint density at radius 3 is 2.90 bits per heavy atom. The normalized spacial score (nSPS) is 11.2. The summed E-state index contributed by atoms with van der Waals surface area (Å²) in [5.41, 5.74) is 3.10. The molecular formula is C14H10BrClFN3. The smallest absolute Gasteiger partial charge is 0.165 e. The Balaban J connectivity index is 2.40. The van der Waals surface area contributed by atoms with E-state index >= 15 is 0 Å². The molecule has 2 heterocycles. The van der Waals surface area contributed by atoms with Gasteiger partial charge in [-0.3, -0.25) is 4.57 Å². The third-order valence-electron chi connectivity index (χ3n) is 3.09. The zero-order valence-corrected chi connectivity index (χ0v) is 12.9. The number of aryl methyl sites for hydroxylation is 1. The lowest BCUT2D eigenvalue weighted by atomic mass is 10.2. The predicted molar refractivity (Wildman–Crippen MR) is 80.8 cm³/mol. The van der Waals surface area contributed by atoms with E-state index in [-0.39, 0.29) is 11.7 Å². The summed E-state index contributed by atoms with van der Waals surface area (Å²) in [7, 11) is 0. The maximum Gasteiger partial charge on any atom is 0.165 e. The first kappa shape index (κ1) is 13.5. The van der Waals surface area contributed by atoms with Crippen LogP contribution in [0.25, 0.3) is 16.9 Å². The first-order chi connectivity index (χ1) is 9.61. The maximum atomic E-state index is 13.5. The van der Waals surface area contributed by atoms with Gasteiger partial charge in [-0.1, -0.05) is 0 Å². The highest BCUT2D eigenvalue weighted by atomic mass is 79.9. The molecular weight excluding hydrogens is 345 g/mol. The lowest BCUT2D eigenvalue weighted by molar-refractivity contribution is 0.626. The number of rotatable bonds is 2. The van der Waals surface area contributed by atoms with Crippen molar-refractivity contribution in [3.63, 3.8) is 0 Å². The highest BCUT2D eigenvalue weighted by Gasteiger charge is 2.16. The minimum Gasteiger partial charge on any atom is -0.278 e. The van der Waals surface area contributed by atoms with E-state index in [0.29, 0.717) is 17.2 Å². The van der Waals surface area contributed by atoms with Crippen LogP contribution >= 0.6 is 27.5 Å². The van der Waals surface area contributed by atoms with Crippen LogP contribution in [0.3, 0.4) is 0 Å². The molecule has 2 aromatic heterocycles. The summed E-state index contributed by atoms with van der Waals surface area (Å²) in [6.07, 6.45) is 1.71. The lowest BCUT2D eigenvalue weighted by Gasteiger charge is -2.09. The molecule has 3 aromatic rings. The number of halogens is 3. The number of fused-ring (bicyclic) bond motifs is 1. The Kier molecular flexibility index (Phi) is 3.48. The van der Waals surface area contributed by atoms with Gasteiger partial charge in [0.05, 0.1) is 11.6 Å². The second kappa shape index (κ2) is 5.14. The average Bonchev–Trinajstić information content (AvgIpc) is 2.81. The molecule has 0 N–H and O–H groups in total. The monoisotopic (exact) mass is 353 g/mol. The van der Waals surface area contributed by atoms with E-state index < -0.39 is 0 Å². The van der Waals surface area contributed by atoms with Crippen molar-refractivity contribution >= 4 is 38.7 Å². The van der Waals surface area contributed by atoms with Gasteiger partial charge in [0, 0.05) is 10.7 Å². The van der Waals surface area contributed by atoms with Crippen LogP contribution in [0.1, 0.15) is 11.4 Å². The largest absolute Gasteiger partial charge is 0.278 e. The molecule has 0 amide bonds. The summed E-state index contributed by atoms with van der Waals surface area (Å²) in [6, 6.07) is 6.37. The molecule has 0 fully saturated rings. The molecule has 3 rings (SSSR count). The topological polar surface area (TPSA) is 30.7 Å². The van der Waals surface area contributed by atoms with Crippen LogP contribution in [-0.4, -0.2) is 14.5 Å². The van der Waals surface area contributed by atoms with E-state index in [9.17, 15) is 4.39 Å². The van der Waals surface area contributed by atoms with E-state index in [0.717, 1.165) is 15.6 Å². The van der Waals surface area contributed by atoms with Crippen molar-refractivity contribution in [2.75, 3.05) is 0 Å². The summed E-state index contributed by atoms with van der Waals surface area (Å²) in [4.78, 5) is 8.86. The highest BCUT2D eigenvalue weighted by Crippen LogP contribution is 2.28. The van der Waals surface area contributed by atoms with Gasteiger partial charge in [0.2, 0.25) is 0 Å². The molecule has 1 aromatic carbocycles. The van der Waals surface area contributed by atoms with Gasteiger partial charge in [-0.05, 0) is 52.7 Å². The maximum absolute atomic E-state index is 13.5. The summed E-state index contributed by atoms with van der Waals surface area (Å²) >= 11 is 9.41. The zero-order valence-electron chi connectivity index (χ0n) is 10.6. The Morgan fingerprint density at radius 2 is 2.15 bits per heavy atom. The first-order valence-electron chi connectivity index (χ1n) is 5.96. The molecule has 0 saturated heterocycles. The van der Waals surface area contributed by atoms with Crippen LogP contribution in [0, 0.1) is 12.7 Å². The number of imidazole rings is 1. The Hall–Kier alpha value is -1.46. The van der Waals surface area contributed by atoms with E-state index in [1.165, 1.54) is 12.1 Å². The van der Waals surface area contributed by atoms with Gasteiger partial charge < -0.3 is 0 Å². The number of pyridine rings is 1. The molecule has 0 saturated carbocycles. The molecule has 102 valence electrons. The first-order valence-corrected chi connectivity index (χ1v) is 7.29. The van der Waals surface area contributed by atoms with Crippen molar-refractivity contribution in [3.05, 3.63) is 52.1 Å². The van der Waals surface area contributed by atoms with Gasteiger partial charge in [-0.25, -0.2) is 14.4 Å². The quantitative estimate of drug-likeness (QED) is 0.640. The minimum atomic E-state index is -0.321. The lowest BCUT2D eigenvalue weighted by Crippen LogP contribution is -2.02.